The fourth-order valence-electron chi connectivity index (χ4n) is 3.72. The summed E-state index contributed by atoms with van der Waals surface area (Å²) in [5, 5.41) is 0. The van der Waals surface area contributed by atoms with Crippen LogP contribution in [0.1, 0.15) is 31.7 Å². The highest BCUT2D eigenvalue weighted by molar-refractivity contribution is 5.98. The summed E-state index contributed by atoms with van der Waals surface area (Å²) in [4.78, 5) is 9.44. The summed E-state index contributed by atoms with van der Waals surface area (Å²) in [6, 6.07) is 8.62. The SMILES string of the molecule is CCN1CCCC2(CC1)CN=C(N)N2c1cccc(C)c1. The minimum absolute atomic E-state index is 0.0851. The number of guanidine groups is 1. The van der Waals surface area contributed by atoms with E-state index in [-0.39, 0.29) is 5.54 Å². The Morgan fingerprint density at radius 1 is 1.29 bits per heavy atom. The Balaban J connectivity index is 1.91. The molecule has 0 saturated carbocycles. The molecule has 0 radical (unpaired) electrons. The molecule has 2 aliphatic heterocycles. The number of nitrogens with zero attached hydrogens (tertiary/aromatic N) is 3. The monoisotopic (exact) mass is 286 g/mol. The normalized spacial score (nSPS) is 27.0. The van der Waals surface area contributed by atoms with Gasteiger partial charge in [-0.3, -0.25) is 4.99 Å². The van der Waals surface area contributed by atoms with E-state index in [2.05, 4.69) is 52.9 Å². The van der Waals surface area contributed by atoms with Crippen molar-refractivity contribution >= 4 is 11.6 Å². The molecule has 1 aromatic carbocycles. The van der Waals surface area contributed by atoms with Crippen molar-refractivity contribution < 1.29 is 0 Å². The standard InChI is InChI=1S/C17H26N4/c1-3-20-10-5-8-17(9-11-20)13-19-16(18)21(17)15-7-4-6-14(2)12-15/h4,6-7,12H,3,5,8-11,13H2,1-2H3,(H2,18,19). The zero-order chi connectivity index (χ0) is 14.9. The van der Waals surface area contributed by atoms with Crippen molar-refractivity contribution in [2.45, 2.75) is 38.6 Å². The molecule has 1 saturated heterocycles. The highest BCUT2D eigenvalue weighted by atomic mass is 15.4. The second-order valence-electron chi connectivity index (χ2n) is 6.36. The van der Waals surface area contributed by atoms with Gasteiger partial charge >= 0.3 is 0 Å². The Morgan fingerprint density at radius 3 is 2.90 bits per heavy atom. The van der Waals surface area contributed by atoms with Crippen LogP contribution in [0, 0.1) is 6.92 Å². The minimum atomic E-state index is 0.0851. The average Bonchev–Trinajstić information content (AvgIpc) is 2.67. The number of aliphatic imine (C=N–C) groups is 1. The van der Waals surface area contributed by atoms with E-state index < -0.39 is 0 Å². The van der Waals surface area contributed by atoms with Crippen LogP contribution in [0.4, 0.5) is 5.69 Å². The number of likely N-dealkylation sites (tertiary alicyclic amines) is 1. The molecule has 0 amide bonds. The van der Waals surface area contributed by atoms with Gasteiger partial charge in [-0.1, -0.05) is 19.1 Å². The second kappa shape index (κ2) is 5.68. The van der Waals surface area contributed by atoms with Crippen molar-refractivity contribution in [1.29, 1.82) is 0 Å². The summed E-state index contributed by atoms with van der Waals surface area (Å²) in [5.41, 5.74) is 8.80. The summed E-state index contributed by atoms with van der Waals surface area (Å²) in [5.74, 6) is 0.686. The molecule has 3 rings (SSSR count). The van der Waals surface area contributed by atoms with Gasteiger partial charge in [0.15, 0.2) is 5.96 Å². The molecule has 2 heterocycles. The number of benzene rings is 1. The van der Waals surface area contributed by atoms with E-state index in [1.165, 1.54) is 30.6 Å². The van der Waals surface area contributed by atoms with E-state index in [0.29, 0.717) is 5.96 Å². The van der Waals surface area contributed by atoms with Crippen LogP contribution in [-0.2, 0) is 0 Å². The number of hydrogen-bond donors (Lipinski definition) is 1. The van der Waals surface area contributed by atoms with Crippen molar-refractivity contribution in [2.24, 2.45) is 10.7 Å². The molecule has 0 aliphatic carbocycles. The Hall–Kier alpha value is -1.55. The predicted octanol–water partition coefficient (Wildman–Crippen LogP) is 2.37. The molecule has 1 aromatic rings. The van der Waals surface area contributed by atoms with Crippen LogP contribution in [0.5, 0.6) is 0 Å². The lowest BCUT2D eigenvalue weighted by atomic mass is 9.89. The quantitative estimate of drug-likeness (QED) is 0.908. The van der Waals surface area contributed by atoms with Gasteiger partial charge in [0.1, 0.15) is 0 Å². The highest BCUT2D eigenvalue weighted by Crippen LogP contribution is 2.37. The maximum absolute atomic E-state index is 6.25. The van der Waals surface area contributed by atoms with Crippen LogP contribution < -0.4 is 10.6 Å². The third kappa shape index (κ3) is 2.64. The molecular formula is C17H26N4. The van der Waals surface area contributed by atoms with Crippen molar-refractivity contribution in [1.82, 2.24) is 4.90 Å². The Bertz CT molecular complexity index is 539. The maximum atomic E-state index is 6.25. The lowest BCUT2D eigenvalue weighted by Crippen LogP contribution is -2.52. The van der Waals surface area contributed by atoms with Gasteiger partial charge in [0.2, 0.25) is 0 Å². The molecule has 2 aliphatic rings. The maximum Gasteiger partial charge on any atom is 0.196 e. The highest BCUT2D eigenvalue weighted by Gasteiger charge is 2.43. The van der Waals surface area contributed by atoms with Crippen LogP contribution >= 0.6 is 0 Å². The van der Waals surface area contributed by atoms with Gasteiger partial charge < -0.3 is 15.5 Å². The number of rotatable bonds is 2. The molecule has 1 fully saturated rings. The first-order valence-electron chi connectivity index (χ1n) is 8.04. The van der Waals surface area contributed by atoms with Gasteiger partial charge in [0.05, 0.1) is 12.1 Å². The summed E-state index contributed by atoms with van der Waals surface area (Å²) < 4.78 is 0. The van der Waals surface area contributed by atoms with Crippen LogP contribution in [0.25, 0.3) is 0 Å². The van der Waals surface area contributed by atoms with Gasteiger partial charge in [-0.2, -0.15) is 0 Å². The first kappa shape index (κ1) is 14.4. The fourth-order valence-corrected chi connectivity index (χ4v) is 3.72. The average molecular weight is 286 g/mol. The van der Waals surface area contributed by atoms with Crippen molar-refractivity contribution in [3.63, 3.8) is 0 Å². The first-order chi connectivity index (χ1) is 10.1. The van der Waals surface area contributed by atoms with Crippen LogP contribution in [0.15, 0.2) is 29.3 Å². The smallest absolute Gasteiger partial charge is 0.196 e. The molecule has 114 valence electrons. The van der Waals surface area contributed by atoms with Crippen molar-refractivity contribution in [3.05, 3.63) is 29.8 Å². The van der Waals surface area contributed by atoms with Crippen LogP contribution in [0.3, 0.4) is 0 Å². The molecule has 2 N–H and O–H groups in total. The molecule has 4 nitrogen and oxygen atoms in total. The van der Waals surface area contributed by atoms with Crippen LogP contribution in [0.2, 0.25) is 0 Å². The lowest BCUT2D eigenvalue weighted by Gasteiger charge is -2.39. The Labute approximate surface area is 127 Å². The third-order valence-corrected chi connectivity index (χ3v) is 4.96. The molecule has 1 unspecified atom stereocenters. The number of hydrogen-bond acceptors (Lipinski definition) is 4. The summed E-state index contributed by atoms with van der Waals surface area (Å²) in [7, 11) is 0. The fraction of sp³-hybridized carbons (Fsp3) is 0.588. The minimum Gasteiger partial charge on any atom is -0.369 e. The summed E-state index contributed by atoms with van der Waals surface area (Å²) in [6.45, 7) is 8.68. The topological polar surface area (TPSA) is 44.9 Å². The van der Waals surface area contributed by atoms with Crippen molar-refractivity contribution in [3.8, 4) is 0 Å². The van der Waals surface area contributed by atoms with Crippen molar-refractivity contribution in [2.75, 3.05) is 31.1 Å². The van der Waals surface area contributed by atoms with Gasteiger partial charge in [0.25, 0.3) is 0 Å². The largest absolute Gasteiger partial charge is 0.369 e. The van der Waals surface area contributed by atoms with E-state index >= 15 is 0 Å². The van der Waals surface area contributed by atoms with Gasteiger partial charge in [-0.15, -0.1) is 0 Å². The summed E-state index contributed by atoms with van der Waals surface area (Å²) in [6.07, 6.45) is 3.53. The lowest BCUT2D eigenvalue weighted by molar-refractivity contribution is 0.292. The van der Waals surface area contributed by atoms with E-state index in [9.17, 15) is 0 Å². The molecule has 1 spiro atoms. The zero-order valence-corrected chi connectivity index (χ0v) is 13.2. The first-order valence-corrected chi connectivity index (χ1v) is 8.04. The van der Waals surface area contributed by atoms with Crippen LogP contribution in [-0.4, -0.2) is 42.6 Å². The van der Waals surface area contributed by atoms with E-state index in [1.54, 1.807) is 0 Å². The predicted molar refractivity (Wildman–Crippen MR) is 88.8 cm³/mol. The molecule has 4 heteroatoms. The molecule has 0 aromatic heterocycles. The van der Waals surface area contributed by atoms with Gasteiger partial charge in [-0.25, -0.2) is 0 Å². The number of aryl methyl sites for hydroxylation is 1. The van der Waals surface area contributed by atoms with E-state index in [0.717, 1.165) is 26.1 Å². The molecular weight excluding hydrogens is 260 g/mol. The van der Waals surface area contributed by atoms with E-state index in [4.69, 9.17) is 5.73 Å². The van der Waals surface area contributed by atoms with E-state index in [1.807, 2.05) is 0 Å². The molecule has 21 heavy (non-hydrogen) atoms. The number of anilines is 1. The summed E-state index contributed by atoms with van der Waals surface area (Å²) >= 11 is 0. The van der Waals surface area contributed by atoms with Gasteiger partial charge in [0, 0.05) is 12.2 Å². The number of nitrogens with two attached hydrogens (primary N) is 1. The molecule has 0 bridgehead atoms. The Kier molecular flexibility index (Phi) is 3.89. The third-order valence-electron chi connectivity index (χ3n) is 4.96. The Morgan fingerprint density at radius 2 is 2.14 bits per heavy atom. The van der Waals surface area contributed by atoms with Gasteiger partial charge in [-0.05, 0) is 57.0 Å². The second-order valence-corrected chi connectivity index (χ2v) is 6.36. The zero-order valence-electron chi connectivity index (χ0n) is 13.2. The molecule has 1 atom stereocenters.